The Morgan fingerprint density at radius 3 is 2.73 bits per heavy atom. The van der Waals surface area contributed by atoms with Crippen LogP contribution in [0.3, 0.4) is 0 Å². The topological polar surface area (TPSA) is 90.3 Å². The standard InChI is InChI=1S/C30H30ClN5O3S/c1-4-16-39-22-12-9-11-20(17-22)27-26(28(37)33-24-14-7-8-15-25(24)38-3)19(2)32-29-34-30(35-36(27)29)40-18-21-10-5-6-13-23(21)31/h5-15,17,27H,4,16,18H2,1-3H3,(H,33,37)(H,32,34,35). The molecule has 40 heavy (non-hydrogen) atoms. The fourth-order valence-corrected chi connectivity index (χ4v) is 5.60. The largest absolute Gasteiger partial charge is 0.495 e. The van der Waals surface area contributed by atoms with E-state index in [0.717, 1.165) is 23.3 Å². The van der Waals surface area contributed by atoms with Crippen LogP contribution in [0.5, 0.6) is 11.5 Å². The van der Waals surface area contributed by atoms with Crippen molar-refractivity contribution in [3.63, 3.8) is 0 Å². The van der Waals surface area contributed by atoms with E-state index in [1.165, 1.54) is 11.8 Å². The summed E-state index contributed by atoms with van der Waals surface area (Å²) in [5, 5.41) is 12.4. The number of methoxy groups -OCH3 is 1. The fraction of sp³-hybridized carbons (Fsp3) is 0.233. The van der Waals surface area contributed by atoms with E-state index in [-0.39, 0.29) is 5.91 Å². The number of anilines is 2. The molecule has 1 atom stereocenters. The van der Waals surface area contributed by atoms with Gasteiger partial charge in [0.25, 0.3) is 5.91 Å². The van der Waals surface area contributed by atoms with Crippen molar-refractivity contribution in [1.29, 1.82) is 0 Å². The van der Waals surface area contributed by atoms with Gasteiger partial charge >= 0.3 is 0 Å². The van der Waals surface area contributed by atoms with E-state index in [9.17, 15) is 4.79 Å². The Hall–Kier alpha value is -3.95. The molecular formula is C30H30ClN5O3S. The summed E-state index contributed by atoms with van der Waals surface area (Å²) >= 11 is 7.85. The Labute approximate surface area is 242 Å². The van der Waals surface area contributed by atoms with Gasteiger partial charge in [0.05, 0.1) is 25.0 Å². The minimum Gasteiger partial charge on any atom is -0.495 e. The van der Waals surface area contributed by atoms with Gasteiger partial charge in [0.2, 0.25) is 11.1 Å². The van der Waals surface area contributed by atoms with E-state index in [4.69, 9.17) is 31.2 Å². The van der Waals surface area contributed by atoms with E-state index in [1.54, 1.807) is 23.9 Å². The van der Waals surface area contributed by atoms with E-state index >= 15 is 0 Å². The van der Waals surface area contributed by atoms with Crippen LogP contribution in [0.1, 0.15) is 37.4 Å². The van der Waals surface area contributed by atoms with Crippen LogP contribution in [0.15, 0.2) is 89.2 Å². The summed E-state index contributed by atoms with van der Waals surface area (Å²) in [6.07, 6.45) is 0.891. The molecule has 0 radical (unpaired) electrons. The Bertz CT molecular complexity index is 1550. The van der Waals surface area contributed by atoms with Crippen LogP contribution in [0.2, 0.25) is 5.02 Å². The van der Waals surface area contributed by atoms with E-state index in [2.05, 4.69) is 17.6 Å². The molecular weight excluding hydrogens is 546 g/mol. The third-order valence-corrected chi connectivity index (χ3v) is 7.65. The number of benzene rings is 3. The summed E-state index contributed by atoms with van der Waals surface area (Å²) in [6.45, 7) is 4.53. The number of carbonyl (C=O) groups excluding carboxylic acids is 1. The quantitative estimate of drug-likeness (QED) is 0.198. The van der Waals surface area contributed by atoms with Gasteiger partial charge in [0.1, 0.15) is 17.5 Å². The molecule has 1 unspecified atom stereocenters. The van der Waals surface area contributed by atoms with E-state index < -0.39 is 6.04 Å². The second kappa shape index (κ2) is 12.5. The minimum atomic E-state index is -0.543. The van der Waals surface area contributed by atoms with Gasteiger partial charge in [-0.05, 0) is 54.8 Å². The first-order valence-electron chi connectivity index (χ1n) is 13.0. The smallest absolute Gasteiger partial charge is 0.255 e. The molecule has 2 heterocycles. The van der Waals surface area contributed by atoms with Crippen LogP contribution in [-0.2, 0) is 10.5 Å². The van der Waals surface area contributed by atoms with Gasteiger partial charge in [0.15, 0.2) is 0 Å². The number of fused-ring (bicyclic) bond motifs is 1. The van der Waals surface area contributed by atoms with Gasteiger partial charge in [-0.2, -0.15) is 4.98 Å². The molecule has 3 aromatic carbocycles. The first kappa shape index (κ1) is 27.6. The van der Waals surface area contributed by atoms with Gasteiger partial charge in [-0.15, -0.1) is 5.10 Å². The second-order valence-electron chi connectivity index (χ2n) is 9.18. The molecule has 0 aliphatic carbocycles. The van der Waals surface area contributed by atoms with Crippen LogP contribution in [-0.4, -0.2) is 34.4 Å². The van der Waals surface area contributed by atoms with Crippen molar-refractivity contribution in [2.45, 2.75) is 37.2 Å². The number of carbonyl (C=O) groups is 1. The first-order chi connectivity index (χ1) is 19.5. The summed E-state index contributed by atoms with van der Waals surface area (Å²) in [5.74, 6) is 2.20. The van der Waals surface area contributed by atoms with Crippen LogP contribution < -0.4 is 20.1 Å². The maximum atomic E-state index is 13.9. The molecule has 0 fully saturated rings. The number of thioether (sulfide) groups is 1. The predicted octanol–water partition coefficient (Wildman–Crippen LogP) is 6.95. The number of para-hydroxylation sites is 2. The lowest BCUT2D eigenvalue weighted by Gasteiger charge is -2.29. The highest BCUT2D eigenvalue weighted by Crippen LogP contribution is 2.38. The Morgan fingerprint density at radius 2 is 1.93 bits per heavy atom. The number of nitrogens with zero attached hydrogens (tertiary/aromatic N) is 3. The Kier molecular flexibility index (Phi) is 8.62. The maximum Gasteiger partial charge on any atom is 0.255 e. The van der Waals surface area contributed by atoms with Gasteiger partial charge in [-0.1, -0.05) is 72.8 Å². The van der Waals surface area contributed by atoms with Crippen molar-refractivity contribution in [1.82, 2.24) is 14.8 Å². The third-order valence-electron chi connectivity index (χ3n) is 6.39. The summed E-state index contributed by atoms with van der Waals surface area (Å²) in [6, 6.07) is 22.3. The first-order valence-corrected chi connectivity index (χ1v) is 14.3. The minimum absolute atomic E-state index is 0.272. The molecule has 206 valence electrons. The summed E-state index contributed by atoms with van der Waals surface area (Å²) in [5.41, 5.74) is 3.62. The lowest BCUT2D eigenvalue weighted by Crippen LogP contribution is -2.31. The highest BCUT2D eigenvalue weighted by Gasteiger charge is 2.35. The number of nitrogens with one attached hydrogen (secondary N) is 2. The Balaban J connectivity index is 1.51. The predicted molar refractivity (Wildman–Crippen MR) is 159 cm³/mol. The molecule has 1 aromatic heterocycles. The van der Waals surface area contributed by atoms with Crippen molar-refractivity contribution in [2.24, 2.45) is 0 Å². The van der Waals surface area contributed by atoms with Crippen molar-refractivity contribution in [3.05, 3.63) is 100 Å². The molecule has 1 amide bonds. The highest BCUT2D eigenvalue weighted by molar-refractivity contribution is 7.98. The average molecular weight is 576 g/mol. The molecule has 0 saturated carbocycles. The third kappa shape index (κ3) is 5.95. The number of halogens is 1. The molecule has 4 aromatic rings. The van der Waals surface area contributed by atoms with Crippen LogP contribution in [0, 0.1) is 0 Å². The number of hydrogen-bond donors (Lipinski definition) is 2. The second-order valence-corrected chi connectivity index (χ2v) is 10.5. The summed E-state index contributed by atoms with van der Waals surface area (Å²) in [7, 11) is 1.58. The molecule has 2 N–H and O–H groups in total. The van der Waals surface area contributed by atoms with Gasteiger partial charge < -0.3 is 20.1 Å². The number of amides is 1. The molecule has 0 bridgehead atoms. The zero-order chi connectivity index (χ0) is 28.1. The molecule has 0 spiro atoms. The van der Waals surface area contributed by atoms with Crippen molar-refractivity contribution >= 4 is 40.9 Å². The van der Waals surface area contributed by atoms with Gasteiger partial charge in [-0.3, -0.25) is 4.79 Å². The molecule has 10 heteroatoms. The van der Waals surface area contributed by atoms with Crippen molar-refractivity contribution in [3.8, 4) is 11.5 Å². The highest BCUT2D eigenvalue weighted by atomic mass is 35.5. The maximum absolute atomic E-state index is 13.9. The lowest BCUT2D eigenvalue weighted by atomic mass is 9.94. The summed E-state index contributed by atoms with van der Waals surface area (Å²) in [4.78, 5) is 18.6. The number of rotatable bonds is 10. The number of ether oxygens (including phenoxy) is 2. The zero-order valence-corrected chi connectivity index (χ0v) is 24.1. The zero-order valence-electron chi connectivity index (χ0n) is 22.5. The molecule has 0 saturated heterocycles. The number of allylic oxidation sites excluding steroid dienone is 1. The number of aromatic nitrogens is 3. The average Bonchev–Trinajstić information content (AvgIpc) is 3.37. The Morgan fingerprint density at radius 1 is 1.12 bits per heavy atom. The molecule has 8 nitrogen and oxygen atoms in total. The van der Waals surface area contributed by atoms with Gasteiger partial charge in [-0.25, -0.2) is 4.68 Å². The van der Waals surface area contributed by atoms with Gasteiger partial charge in [0, 0.05) is 16.5 Å². The van der Waals surface area contributed by atoms with E-state index in [0.29, 0.717) is 51.2 Å². The number of hydrogen-bond acceptors (Lipinski definition) is 7. The monoisotopic (exact) mass is 575 g/mol. The lowest BCUT2D eigenvalue weighted by molar-refractivity contribution is -0.113. The molecule has 1 aliphatic rings. The van der Waals surface area contributed by atoms with Crippen molar-refractivity contribution in [2.75, 3.05) is 24.4 Å². The van der Waals surface area contributed by atoms with Crippen molar-refractivity contribution < 1.29 is 14.3 Å². The fourth-order valence-electron chi connectivity index (χ4n) is 4.48. The SMILES string of the molecule is CCCOc1cccc(C2C(C(=O)Nc3ccccc3OC)=C(C)Nc3nc(SCc4ccccc4Cl)nn32)c1. The van der Waals surface area contributed by atoms with Crippen LogP contribution in [0.25, 0.3) is 0 Å². The van der Waals surface area contributed by atoms with E-state index in [1.807, 2.05) is 67.6 Å². The van der Waals surface area contributed by atoms with Crippen LogP contribution >= 0.6 is 23.4 Å². The molecule has 5 rings (SSSR count). The van der Waals surface area contributed by atoms with Crippen LogP contribution in [0.4, 0.5) is 11.6 Å². The summed E-state index contributed by atoms with van der Waals surface area (Å²) < 4.78 is 13.1. The molecule has 1 aliphatic heterocycles. The normalized spacial score (nSPS) is 14.3.